The molecule has 0 rings (SSSR count). The van der Waals surface area contributed by atoms with Crippen LogP contribution in [0.25, 0.3) is 0 Å². The van der Waals surface area contributed by atoms with Crippen molar-refractivity contribution >= 4 is 6.16 Å². The van der Waals surface area contributed by atoms with E-state index in [0.717, 1.165) is 12.8 Å². The summed E-state index contributed by atoms with van der Waals surface area (Å²) in [6.07, 6.45) is 22.2. The number of hydrogen-bond donors (Lipinski definition) is 0. The van der Waals surface area contributed by atoms with Gasteiger partial charge in [-0.3, -0.25) is 0 Å². The van der Waals surface area contributed by atoms with Gasteiger partial charge in [0.1, 0.15) is 0 Å². The monoisotopic (exact) mass is 340 g/mol. The molecule has 3 heteroatoms. The van der Waals surface area contributed by atoms with Crippen LogP contribution in [0.5, 0.6) is 0 Å². The molecule has 142 valence electrons. The molecule has 0 heterocycles. The van der Waals surface area contributed by atoms with Crippen LogP contribution >= 0.6 is 0 Å². The van der Waals surface area contributed by atoms with E-state index in [2.05, 4.69) is 19.1 Å². The fraction of sp³-hybridized carbons (Fsp3) is 0.857. The number of hydrogen-bond acceptors (Lipinski definition) is 3. The van der Waals surface area contributed by atoms with Crippen molar-refractivity contribution in [2.45, 2.75) is 104 Å². The first kappa shape index (κ1) is 23.0. The average Bonchev–Trinajstić information content (AvgIpc) is 2.58. The van der Waals surface area contributed by atoms with E-state index < -0.39 is 6.16 Å². The maximum absolute atomic E-state index is 11.0. The standard InChI is InChI=1S/C21H40O3/c1-3-5-6-7-8-9-10-11-12-13-14-15-16-17-18-19-20-24-21(22)23-4-2/h11-12H,3-10,13-20H2,1-2H3/b12-11-. The SMILES string of the molecule is CCCCCCCC/C=C\CCCCCCCCOC(=O)OCC. The first-order valence-corrected chi connectivity index (χ1v) is 10.3. The Morgan fingerprint density at radius 1 is 0.667 bits per heavy atom. The van der Waals surface area contributed by atoms with E-state index in [1.807, 2.05) is 0 Å². The van der Waals surface area contributed by atoms with Gasteiger partial charge in [-0.25, -0.2) is 4.79 Å². The second kappa shape index (κ2) is 20.1. The molecule has 0 aliphatic rings. The van der Waals surface area contributed by atoms with E-state index in [9.17, 15) is 4.79 Å². The molecule has 0 N–H and O–H groups in total. The van der Waals surface area contributed by atoms with Gasteiger partial charge in [0, 0.05) is 0 Å². The maximum atomic E-state index is 11.0. The number of ether oxygens (including phenoxy) is 2. The molecule has 0 aromatic carbocycles. The Hall–Kier alpha value is -0.990. The van der Waals surface area contributed by atoms with Gasteiger partial charge in [0.05, 0.1) is 13.2 Å². The van der Waals surface area contributed by atoms with Gasteiger partial charge in [-0.2, -0.15) is 0 Å². The largest absolute Gasteiger partial charge is 0.508 e. The van der Waals surface area contributed by atoms with Crippen LogP contribution < -0.4 is 0 Å². The van der Waals surface area contributed by atoms with E-state index in [0.29, 0.717) is 13.2 Å². The summed E-state index contributed by atoms with van der Waals surface area (Å²) in [6.45, 7) is 4.92. The highest BCUT2D eigenvalue weighted by Crippen LogP contribution is 2.10. The van der Waals surface area contributed by atoms with Gasteiger partial charge in [0.15, 0.2) is 0 Å². The number of carbonyl (C=O) groups is 1. The molecule has 0 radical (unpaired) electrons. The van der Waals surface area contributed by atoms with Crippen LogP contribution in [0.15, 0.2) is 12.2 Å². The molecule has 0 saturated heterocycles. The molecule has 0 aliphatic carbocycles. The lowest BCUT2D eigenvalue weighted by Gasteiger charge is -2.04. The topological polar surface area (TPSA) is 35.5 Å². The lowest BCUT2D eigenvalue weighted by molar-refractivity contribution is 0.0578. The highest BCUT2D eigenvalue weighted by molar-refractivity contribution is 5.59. The molecule has 0 fully saturated rings. The molecule has 0 aromatic heterocycles. The fourth-order valence-corrected chi connectivity index (χ4v) is 2.66. The van der Waals surface area contributed by atoms with Crippen molar-refractivity contribution in [2.24, 2.45) is 0 Å². The summed E-state index contributed by atoms with van der Waals surface area (Å²) in [7, 11) is 0. The predicted molar refractivity (Wildman–Crippen MR) is 102 cm³/mol. The minimum absolute atomic E-state index is 0.381. The summed E-state index contributed by atoms with van der Waals surface area (Å²) in [5.41, 5.74) is 0. The highest BCUT2D eigenvalue weighted by atomic mass is 16.7. The van der Waals surface area contributed by atoms with E-state index >= 15 is 0 Å². The van der Waals surface area contributed by atoms with Gasteiger partial charge in [-0.05, 0) is 39.0 Å². The van der Waals surface area contributed by atoms with Gasteiger partial charge >= 0.3 is 6.16 Å². The zero-order valence-electron chi connectivity index (χ0n) is 16.2. The Labute approximate surface area is 150 Å². The van der Waals surface area contributed by atoms with Crippen molar-refractivity contribution < 1.29 is 14.3 Å². The molecule has 0 atom stereocenters. The molecule has 0 amide bonds. The van der Waals surface area contributed by atoms with Crippen molar-refractivity contribution in [3.05, 3.63) is 12.2 Å². The molecule has 0 aromatic rings. The Morgan fingerprint density at radius 2 is 1.17 bits per heavy atom. The number of rotatable bonds is 17. The Balaban J connectivity index is 3.11. The Kier molecular flexibility index (Phi) is 19.2. The summed E-state index contributed by atoms with van der Waals surface area (Å²) in [6, 6.07) is 0. The average molecular weight is 341 g/mol. The van der Waals surface area contributed by atoms with E-state index in [-0.39, 0.29) is 0 Å². The minimum Gasteiger partial charge on any atom is -0.435 e. The Bertz CT molecular complexity index is 287. The molecule has 0 bridgehead atoms. The third-order valence-corrected chi connectivity index (χ3v) is 4.14. The number of unbranched alkanes of at least 4 members (excludes halogenated alkanes) is 12. The third kappa shape index (κ3) is 19.1. The van der Waals surface area contributed by atoms with Crippen LogP contribution in [-0.2, 0) is 9.47 Å². The van der Waals surface area contributed by atoms with Crippen LogP contribution in [-0.4, -0.2) is 19.4 Å². The van der Waals surface area contributed by atoms with E-state index in [4.69, 9.17) is 9.47 Å². The first-order chi connectivity index (χ1) is 11.8. The fourth-order valence-electron chi connectivity index (χ4n) is 2.66. The van der Waals surface area contributed by atoms with Crippen molar-refractivity contribution in [1.82, 2.24) is 0 Å². The summed E-state index contributed by atoms with van der Waals surface area (Å²) in [5, 5.41) is 0. The molecule has 3 nitrogen and oxygen atoms in total. The zero-order chi connectivity index (χ0) is 17.7. The van der Waals surface area contributed by atoms with Crippen LogP contribution in [0.2, 0.25) is 0 Å². The van der Waals surface area contributed by atoms with E-state index in [1.54, 1.807) is 6.92 Å². The maximum Gasteiger partial charge on any atom is 0.508 e. The van der Waals surface area contributed by atoms with Crippen LogP contribution in [0.1, 0.15) is 104 Å². The summed E-state index contributed by atoms with van der Waals surface area (Å²) in [4.78, 5) is 11.0. The van der Waals surface area contributed by atoms with Crippen LogP contribution in [0, 0.1) is 0 Å². The second-order valence-electron chi connectivity index (χ2n) is 6.47. The van der Waals surface area contributed by atoms with Crippen LogP contribution in [0.3, 0.4) is 0 Å². The van der Waals surface area contributed by atoms with Crippen molar-refractivity contribution in [3.8, 4) is 0 Å². The highest BCUT2D eigenvalue weighted by Gasteiger charge is 2.00. The van der Waals surface area contributed by atoms with Crippen LogP contribution in [0.4, 0.5) is 4.79 Å². The molecular formula is C21H40O3. The quantitative estimate of drug-likeness (QED) is 0.159. The number of carbonyl (C=O) groups excluding carboxylic acids is 1. The van der Waals surface area contributed by atoms with Gasteiger partial charge in [0.25, 0.3) is 0 Å². The van der Waals surface area contributed by atoms with Gasteiger partial charge in [-0.15, -0.1) is 0 Å². The lowest BCUT2D eigenvalue weighted by atomic mass is 10.1. The predicted octanol–water partition coefficient (Wildman–Crippen LogP) is 7.20. The minimum atomic E-state index is -0.537. The Morgan fingerprint density at radius 3 is 1.71 bits per heavy atom. The molecule has 0 spiro atoms. The normalized spacial score (nSPS) is 11.1. The summed E-state index contributed by atoms with van der Waals surface area (Å²) in [5.74, 6) is 0. The van der Waals surface area contributed by atoms with Crippen molar-refractivity contribution in [3.63, 3.8) is 0 Å². The molecular weight excluding hydrogens is 300 g/mol. The smallest absolute Gasteiger partial charge is 0.435 e. The molecule has 0 aliphatic heterocycles. The first-order valence-electron chi connectivity index (χ1n) is 10.3. The molecule has 24 heavy (non-hydrogen) atoms. The van der Waals surface area contributed by atoms with Crippen molar-refractivity contribution in [2.75, 3.05) is 13.2 Å². The number of allylic oxidation sites excluding steroid dienone is 2. The van der Waals surface area contributed by atoms with E-state index in [1.165, 1.54) is 77.0 Å². The summed E-state index contributed by atoms with van der Waals surface area (Å²) >= 11 is 0. The second-order valence-corrected chi connectivity index (χ2v) is 6.47. The third-order valence-electron chi connectivity index (χ3n) is 4.14. The molecule has 0 unspecified atom stereocenters. The van der Waals surface area contributed by atoms with Crippen molar-refractivity contribution in [1.29, 1.82) is 0 Å². The van der Waals surface area contributed by atoms with Gasteiger partial charge in [0.2, 0.25) is 0 Å². The van der Waals surface area contributed by atoms with Gasteiger partial charge in [-0.1, -0.05) is 76.9 Å². The lowest BCUT2D eigenvalue weighted by Crippen LogP contribution is -2.07. The molecule has 0 saturated carbocycles. The summed E-state index contributed by atoms with van der Waals surface area (Å²) < 4.78 is 9.63. The zero-order valence-corrected chi connectivity index (χ0v) is 16.2. The van der Waals surface area contributed by atoms with Gasteiger partial charge < -0.3 is 9.47 Å².